The summed E-state index contributed by atoms with van der Waals surface area (Å²) < 4.78 is 0. The maximum atomic E-state index is 8.83. The van der Waals surface area contributed by atoms with Crippen LogP contribution in [0.4, 0.5) is 0 Å². The molecule has 2 rings (SSSR count). The highest BCUT2D eigenvalue weighted by Gasteiger charge is 2.04. The quantitative estimate of drug-likeness (QED) is 0.847. The zero-order valence-corrected chi connectivity index (χ0v) is 9.12. The molecule has 0 aliphatic rings. The third-order valence-corrected chi connectivity index (χ3v) is 2.47. The molecule has 0 aliphatic carbocycles. The molecular formula is C11H11ClN2O. The molecular weight excluding hydrogens is 212 g/mol. The molecule has 78 valence electrons. The summed E-state index contributed by atoms with van der Waals surface area (Å²) in [6.07, 6.45) is 0.486. The topological polar surface area (TPSA) is 46.0 Å². The van der Waals surface area contributed by atoms with Crippen LogP contribution >= 0.6 is 11.6 Å². The molecule has 0 amide bonds. The highest BCUT2D eigenvalue weighted by Crippen LogP contribution is 2.20. The van der Waals surface area contributed by atoms with Crippen molar-refractivity contribution in [3.8, 4) is 0 Å². The maximum Gasteiger partial charge on any atom is 0.131 e. The molecule has 0 spiro atoms. The Hall–Kier alpha value is -1.19. The van der Waals surface area contributed by atoms with E-state index in [0.717, 1.165) is 16.6 Å². The van der Waals surface area contributed by atoms with Crippen LogP contribution in [0.15, 0.2) is 18.2 Å². The number of aliphatic hydroxyl groups is 1. The van der Waals surface area contributed by atoms with Gasteiger partial charge in [-0.15, -0.1) is 0 Å². The van der Waals surface area contributed by atoms with Crippen molar-refractivity contribution in [1.82, 2.24) is 9.97 Å². The van der Waals surface area contributed by atoms with Gasteiger partial charge in [0.25, 0.3) is 0 Å². The fourth-order valence-corrected chi connectivity index (χ4v) is 1.70. The van der Waals surface area contributed by atoms with Gasteiger partial charge in [-0.3, -0.25) is 0 Å². The van der Waals surface area contributed by atoms with Crippen LogP contribution in [0.3, 0.4) is 0 Å². The van der Waals surface area contributed by atoms with Crippen LogP contribution in [0.25, 0.3) is 10.9 Å². The third kappa shape index (κ3) is 2.08. The second-order valence-electron chi connectivity index (χ2n) is 3.36. The first-order valence-electron chi connectivity index (χ1n) is 4.74. The van der Waals surface area contributed by atoms with E-state index in [4.69, 9.17) is 16.7 Å². The van der Waals surface area contributed by atoms with Crippen LogP contribution in [0, 0.1) is 6.92 Å². The smallest absolute Gasteiger partial charge is 0.131 e. The number of fused-ring (bicyclic) bond motifs is 1. The average molecular weight is 223 g/mol. The van der Waals surface area contributed by atoms with Gasteiger partial charge in [0.05, 0.1) is 12.1 Å². The minimum atomic E-state index is 0.0680. The Labute approximate surface area is 92.7 Å². The van der Waals surface area contributed by atoms with E-state index in [1.54, 1.807) is 6.07 Å². The van der Waals surface area contributed by atoms with E-state index >= 15 is 0 Å². The number of nitrogens with zero attached hydrogens (tertiary/aromatic N) is 2. The minimum Gasteiger partial charge on any atom is -0.396 e. The lowest BCUT2D eigenvalue weighted by molar-refractivity contribution is 0.296. The van der Waals surface area contributed by atoms with Crippen molar-refractivity contribution in [3.63, 3.8) is 0 Å². The zero-order chi connectivity index (χ0) is 10.8. The summed E-state index contributed by atoms with van der Waals surface area (Å²) in [6, 6.07) is 5.53. The van der Waals surface area contributed by atoms with Crippen molar-refractivity contribution in [3.05, 3.63) is 34.7 Å². The fourth-order valence-electron chi connectivity index (χ4n) is 1.53. The van der Waals surface area contributed by atoms with Crippen molar-refractivity contribution in [2.24, 2.45) is 0 Å². The number of aryl methyl sites for hydroxylation is 1. The standard InChI is InChI=1S/C11H11ClN2O/c1-7-9-6-8(12)2-3-10(9)14-11(13-7)4-5-15/h2-3,6,15H,4-5H2,1H3. The van der Waals surface area contributed by atoms with Gasteiger partial charge in [-0.1, -0.05) is 11.6 Å². The van der Waals surface area contributed by atoms with Gasteiger partial charge in [-0.25, -0.2) is 9.97 Å². The molecule has 0 radical (unpaired) electrons. The normalized spacial score (nSPS) is 10.9. The Kier molecular flexibility index (Phi) is 2.84. The van der Waals surface area contributed by atoms with Crippen LogP contribution in [-0.4, -0.2) is 21.7 Å². The Morgan fingerprint density at radius 1 is 1.33 bits per heavy atom. The highest BCUT2D eigenvalue weighted by atomic mass is 35.5. The van der Waals surface area contributed by atoms with Gasteiger partial charge in [0.15, 0.2) is 0 Å². The lowest BCUT2D eigenvalue weighted by atomic mass is 10.2. The Morgan fingerprint density at radius 2 is 2.13 bits per heavy atom. The highest BCUT2D eigenvalue weighted by molar-refractivity contribution is 6.31. The van der Waals surface area contributed by atoms with Gasteiger partial charge in [0.2, 0.25) is 0 Å². The number of halogens is 1. The Balaban J connectivity index is 2.62. The molecule has 0 unspecified atom stereocenters. The molecule has 0 bridgehead atoms. The van der Waals surface area contributed by atoms with Crippen molar-refractivity contribution >= 4 is 22.5 Å². The van der Waals surface area contributed by atoms with Gasteiger partial charge in [-0.05, 0) is 25.1 Å². The molecule has 2 aromatic rings. The van der Waals surface area contributed by atoms with E-state index in [1.807, 2.05) is 19.1 Å². The second-order valence-corrected chi connectivity index (χ2v) is 3.80. The Bertz CT molecular complexity index is 499. The molecule has 0 saturated heterocycles. The lowest BCUT2D eigenvalue weighted by Gasteiger charge is -2.04. The average Bonchev–Trinajstić information content (AvgIpc) is 2.20. The first-order chi connectivity index (χ1) is 7.20. The number of benzene rings is 1. The summed E-state index contributed by atoms with van der Waals surface area (Å²) >= 11 is 5.90. The van der Waals surface area contributed by atoms with Gasteiger partial charge in [-0.2, -0.15) is 0 Å². The molecule has 0 atom stereocenters. The zero-order valence-electron chi connectivity index (χ0n) is 8.37. The van der Waals surface area contributed by atoms with Crippen molar-refractivity contribution < 1.29 is 5.11 Å². The van der Waals surface area contributed by atoms with Crippen molar-refractivity contribution in [2.75, 3.05) is 6.61 Å². The summed E-state index contributed by atoms with van der Waals surface area (Å²) in [6.45, 7) is 1.99. The monoisotopic (exact) mass is 222 g/mol. The molecule has 0 fully saturated rings. The van der Waals surface area contributed by atoms with Gasteiger partial charge in [0, 0.05) is 22.5 Å². The van der Waals surface area contributed by atoms with E-state index in [0.29, 0.717) is 17.3 Å². The molecule has 1 N–H and O–H groups in total. The molecule has 0 saturated carbocycles. The molecule has 4 heteroatoms. The van der Waals surface area contributed by atoms with Crippen LogP contribution < -0.4 is 0 Å². The summed E-state index contributed by atoms with van der Waals surface area (Å²) in [4.78, 5) is 8.64. The number of aliphatic hydroxyl groups excluding tert-OH is 1. The van der Waals surface area contributed by atoms with Crippen LogP contribution in [-0.2, 0) is 6.42 Å². The van der Waals surface area contributed by atoms with Crippen LogP contribution in [0.1, 0.15) is 11.5 Å². The van der Waals surface area contributed by atoms with Gasteiger partial charge < -0.3 is 5.11 Å². The van der Waals surface area contributed by atoms with Crippen LogP contribution in [0.2, 0.25) is 5.02 Å². The second kappa shape index (κ2) is 4.13. The number of hydrogen-bond donors (Lipinski definition) is 1. The van der Waals surface area contributed by atoms with Gasteiger partial charge in [0.1, 0.15) is 5.82 Å². The van der Waals surface area contributed by atoms with Gasteiger partial charge >= 0.3 is 0 Å². The number of hydrogen-bond acceptors (Lipinski definition) is 3. The predicted octanol–water partition coefficient (Wildman–Crippen LogP) is 2.13. The first kappa shape index (κ1) is 10.3. The molecule has 1 aromatic heterocycles. The summed E-state index contributed by atoms with van der Waals surface area (Å²) in [5, 5.41) is 10.5. The van der Waals surface area contributed by atoms with Crippen molar-refractivity contribution in [2.45, 2.75) is 13.3 Å². The molecule has 1 aromatic carbocycles. The predicted molar refractivity (Wildman–Crippen MR) is 60.1 cm³/mol. The van der Waals surface area contributed by atoms with E-state index in [9.17, 15) is 0 Å². The van der Waals surface area contributed by atoms with Crippen LogP contribution in [0.5, 0.6) is 0 Å². The lowest BCUT2D eigenvalue weighted by Crippen LogP contribution is -2.01. The number of aromatic nitrogens is 2. The summed E-state index contributed by atoms with van der Waals surface area (Å²) in [5.74, 6) is 0.671. The van der Waals surface area contributed by atoms with E-state index in [-0.39, 0.29) is 6.61 Å². The summed E-state index contributed by atoms with van der Waals surface area (Å²) in [5.41, 5.74) is 1.77. The minimum absolute atomic E-state index is 0.0680. The first-order valence-corrected chi connectivity index (χ1v) is 5.12. The van der Waals surface area contributed by atoms with Crippen molar-refractivity contribution in [1.29, 1.82) is 0 Å². The molecule has 1 heterocycles. The largest absolute Gasteiger partial charge is 0.396 e. The molecule has 15 heavy (non-hydrogen) atoms. The maximum absolute atomic E-state index is 8.83. The summed E-state index contributed by atoms with van der Waals surface area (Å²) in [7, 11) is 0. The van der Waals surface area contributed by atoms with E-state index in [1.165, 1.54) is 0 Å². The SMILES string of the molecule is Cc1nc(CCO)nc2ccc(Cl)cc12. The molecule has 0 aliphatic heterocycles. The third-order valence-electron chi connectivity index (χ3n) is 2.23. The van der Waals surface area contributed by atoms with E-state index in [2.05, 4.69) is 9.97 Å². The Morgan fingerprint density at radius 3 is 2.87 bits per heavy atom. The number of rotatable bonds is 2. The van der Waals surface area contributed by atoms with E-state index < -0.39 is 0 Å². The fraction of sp³-hybridized carbons (Fsp3) is 0.273. The molecule has 3 nitrogen and oxygen atoms in total.